The number of carbonyl (C=O) groups is 2. The summed E-state index contributed by atoms with van der Waals surface area (Å²) in [5, 5.41) is 6.09. The highest BCUT2D eigenvalue weighted by Crippen LogP contribution is 2.23. The largest absolute Gasteiger partial charge is 0.352 e. The summed E-state index contributed by atoms with van der Waals surface area (Å²) in [5.74, 6) is 0.0794. The minimum absolute atomic E-state index is 0. The van der Waals surface area contributed by atoms with Crippen molar-refractivity contribution in [3.8, 4) is 0 Å². The predicted molar refractivity (Wildman–Crippen MR) is 106 cm³/mol. The van der Waals surface area contributed by atoms with Crippen molar-refractivity contribution in [3.05, 3.63) is 35.4 Å². The van der Waals surface area contributed by atoms with Crippen molar-refractivity contribution >= 4 is 24.3 Å². The maximum atomic E-state index is 13.0. The summed E-state index contributed by atoms with van der Waals surface area (Å²) < 4.78 is 0. The smallest absolute Gasteiger partial charge is 0.312 e. The Hall–Kier alpha value is -1.79. The number of rotatable bonds is 7. The highest BCUT2D eigenvalue weighted by molar-refractivity contribution is 5.85. The van der Waals surface area contributed by atoms with Crippen molar-refractivity contribution in [3.63, 3.8) is 0 Å². The van der Waals surface area contributed by atoms with E-state index in [0.717, 1.165) is 50.0 Å². The van der Waals surface area contributed by atoms with Crippen molar-refractivity contribution in [2.75, 3.05) is 19.6 Å². The number of urea groups is 1. The minimum Gasteiger partial charge on any atom is -0.352 e. The van der Waals surface area contributed by atoms with E-state index in [2.05, 4.69) is 17.6 Å². The van der Waals surface area contributed by atoms with E-state index in [1.807, 2.05) is 36.1 Å². The lowest BCUT2D eigenvalue weighted by Crippen LogP contribution is -2.47. The highest BCUT2D eigenvalue weighted by Gasteiger charge is 2.27. The molecular weight excluding hydrogens is 352 g/mol. The first-order valence-electron chi connectivity index (χ1n) is 9.14. The van der Waals surface area contributed by atoms with E-state index in [4.69, 9.17) is 5.73 Å². The number of primary amides is 1. The van der Waals surface area contributed by atoms with Crippen LogP contribution in [0.5, 0.6) is 0 Å². The lowest BCUT2D eigenvalue weighted by Gasteiger charge is -2.35. The van der Waals surface area contributed by atoms with Crippen LogP contribution in [0.2, 0.25) is 0 Å². The van der Waals surface area contributed by atoms with Gasteiger partial charge in [-0.3, -0.25) is 4.79 Å². The summed E-state index contributed by atoms with van der Waals surface area (Å²) in [6.45, 7) is 6.70. The molecule has 1 aromatic carbocycles. The Morgan fingerprint density at radius 1 is 1.31 bits per heavy atom. The lowest BCUT2D eigenvalue weighted by molar-refractivity contribution is -0.134. The first-order chi connectivity index (χ1) is 12.0. The highest BCUT2D eigenvalue weighted by atomic mass is 35.5. The fourth-order valence-corrected chi connectivity index (χ4v) is 3.55. The van der Waals surface area contributed by atoms with Gasteiger partial charge in [0.25, 0.3) is 0 Å². The molecule has 0 bridgehead atoms. The summed E-state index contributed by atoms with van der Waals surface area (Å²) in [4.78, 5) is 26.5. The number of nitrogens with two attached hydrogens (primary N) is 1. The molecule has 0 spiro atoms. The van der Waals surface area contributed by atoms with E-state index in [1.54, 1.807) is 0 Å². The van der Waals surface area contributed by atoms with E-state index in [9.17, 15) is 9.59 Å². The molecule has 1 fully saturated rings. The molecule has 1 heterocycles. The molecule has 0 radical (unpaired) electrons. The second-order valence-electron chi connectivity index (χ2n) is 6.69. The Morgan fingerprint density at radius 2 is 1.96 bits per heavy atom. The number of hydrogen-bond acceptors (Lipinski definition) is 3. The van der Waals surface area contributed by atoms with Crippen molar-refractivity contribution in [1.29, 1.82) is 0 Å². The van der Waals surface area contributed by atoms with Crippen molar-refractivity contribution < 1.29 is 9.59 Å². The first-order valence-corrected chi connectivity index (χ1v) is 9.14. The van der Waals surface area contributed by atoms with Crippen LogP contribution in [0, 0.1) is 6.92 Å². The molecule has 0 aromatic heterocycles. The van der Waals surface area contributed by atoms with E-state index in [0.29, 0.717) is 0 Å². The molecule has 2 rings (SSSR count). The number of amides is 3. The Kier molecular flexibility index (Phi) is 9.44. The van der Waals surface area contributed by atoms with Gasteiger partial charge in [0.1, 0.15) is 0 Å². The molecule has 6 nitrogen and oxygen atoms in total. The van der Waals surface area contributed by atoms with Gasteiger partial charge in [0.05, 0.1) is 12.5 Å². The zero-order valence-electron chi connectivity index (χ0n) is 15.7. The van der Waals surface area contributed by atoms with Gasteiger partial charge < -0.3 is 21.3 Å². The molecule has 1 unspecified atom stereocenters. The summed E-state index contributed by atoms with van der Waals surface area (Å²) >= 11 is 0. The zero-order valence-corrected chi connectivity index (χ0v) is 16.5. The molecule has 3 amide bonds. The Bertz CT molecular complexity index is 591. The van der Waals surface area contributed by atoms with Crippen LogP contribution in [0.25, 0.3) is 0 Å². The summed E-state index contributed by atoms with van der Waals surface area (Å²) in [6, 6.07) is 7.06. The summed E-state index contributed by atoms with van der Waals surface area (Å²) in [5.41, 5.74) is 7.33. The van der Waals surface area contributed by atoms with E-state index in [1.165, 1.54) is 0 Å². The molecular formula is C19H31ClN4O2. The number of benzene rings is 1. The first kappa shape index (κ1) is 22.3. The van der Waals surface area contributed by atoms with Crippen LogP contribution in [0.15, 0.2) is 24.3 Å². The van der Waals surface area contributed by atoms with Crippen LogP contribution >= 0.6 is 12.4 Å². The van der Waals surface area contributed by atoms with Crippen molar-refractivity contribution in [2.24, 2.45) is 5.73 Å². The lowest BCUT2D eigenvalue weighted by atomic mass is 9.97. The second-order valence-corrected chi connectivity index (χ2v) is 6.69. The second kappa shape index (κ2) is 11.0. The van der Waals surface area contributed by atoms with Crippen LogP contribution in [0.3, 0.4) is 0 Å². The standard InChI is InChI=1S/C19H30N4O2.ClH/c1-3-12-23(15-8-10-21-11-9-15)18(24)13-17(22-19(20)25)16-7-5-4-6-14(16)2;/h4-7,15,17,21H,3,8-13H2,1-2H3,(H3,20,22,25);1H. The van der Waals surface area contributed by atoms with Gasteiger partial charge in [0.15, 0.2) is 0 Å². The Labute approximate surface area is 162 Å². The number of halogens is 1. The molecule has 0 aliphatic carbocycles. The molecule has 1 saturated heterocycles. The van der Waals surface area contributed by atoms with Gasteiger partial charge in [-0.25, -0.2) is 4.79 Å². The van der Waals surface area contributed by atoms with Crippen LogP contribution < -0.4 is 16.4 Å². The maximum absolute atomic E-state index is 13.0. The molecule has 7 heteroatoms. The van der Waals surface area contributed by atoms with Crippen molar-refractivity contribution in [2.45, 2.75) is 51.6 Å². The molecule has 146 valence electrons. The van der Waals surface area contributed by atoms with E-state index in [-0.39, 0.29) is 30.8 Å². The van der Waals surface area contributed by atoms with Gasteiger partial charge in [0, 0.05) is 12.6 Å². The fourth-order valence-electron chi connectivity index (χ4n) is 3.55. The van der Waals surface area contributed by atoms with Crippen molar-refractivity contribution in [1.82, 2.24) is 15.5 Å². The third-order valence-electron chi connectivity index (χ3n) is 4.79. The molecule has 4 N–H and O–H groups in total. The molecule has 0 saturated carbocycles. The number of carbonyl (C=O) groups excluding carboxylic acids is 2. The zero-order chi connectivity index (χ0) is 18.2. The maximum Gasteiger partial charge on any atom is 0.312 e. The predicted octanol–water partition coefficient (Wildman–Crippen LogP) is 2.51. The van der Waals surface area contributed by atoms with Gasteiger partial charge in [-0.05, 0) is 50.4 Å². The normalized spacial score (nSPS) is 15.6. The summed E-state index contributed by atoms with van der Waals surface area (Å²) in [7, 11) is 0. The van der Waals surface area contributed by atoms with E-state index < -0.39 is 12.1 Å². The number of nitrogens with zero attached hydrogens (tertiary/aromatic N) is 1. The topological polar surface area (TPSA) is 87.5 Å². The number of piperidine rings is 1. The third-order valence-corrected chi connectivity index (χ3v) is 4.79. The number of nitrogens with one attached hydrogen (secondary N) is 2. The average Bonchev–Trinajstić information content (AvgIpc) is 2.59. The quantitative estimate of drug-likeness (QED) is 0.677. The van der Waals surface area contributed by atoms with Gasteiger partial charge in [-0.2, -0.15) is 0 Å². The number of hydrogen-bond donors (Lipinski definition) is 3. The summed E-state index contributed by atoms with van der Waals surface area (Å²) in [6.07, 6.45) is 3.11. The fraction of sp³-hybridized carbons (Fsp3) is 0.579. The van der Waals surface area contributed by atoms with Crippen LogP contribution in [-0.4, -0.2) is 42.5 Å². The average molecular weight is 383 g/mol. The molecule has 26 heavy (non-hydrogen) atoms. The molecule has 1 aromatic rings. The molecule has 1 atom stereocenters. The number of aryl methyl sites for hydroxylation is 1. The van der Waals surface area contributed by atoms with Crippen LogP contribution in [0.1, 0.15) is 49.8 Å². The Balaban J connectivity index is 0.00000338. The van der Waals surface area contributed by atoms with Gasteiger partial charge >= 0.3 is 6.03 Å². The van der Waals surface area contributed by atoms with Gasteiger partial charge in [-0.15, -0.1) is 12.4 Å². The third kappa shape index (κ3) is 6.18. The Morgan fingerprint density at radius 3 is 2.54 bits per heavy atom. The molecule has 1 aliphatic rings. The monoisotopic (exact) mass is 382 g/mol. The van der Waals surface area contributed by atoms with Gasteiger partial charge in [0.2, 0.25) is 5.91 Å². The van der Waals surface area contributed by atoms with Crippen LogP contribution in [0.4, 0.5) is 4.79 Å². The molecule has 1 aliphatic heterocycles. The van der Waals surface area contributed by atoms with Crippen LogP contribution in [-0.2, 0) is 4.79 Å². The van der Waals surface area contributed by atoms with E-state index >= 15 is 0 Å². The SMILES string of the molecule is CCCN(C(=O)CC(NC(N)=O)c1ccccc1C)C1CCNCC1.Cl. The minimum atomic E-state index is -0.607. The van der Waals surface area contributed by atoms with Gasteiger partial charge in [-0.1, -0.05) is 31.2 Å².